The highest BCUT2D eigenvalue weighted by molar-refractivity contribution is 6.24. The Kier molecular flexibility index (Phi) is 8.04. The van der Waals surface area contributed by atoms with Gasteiger partial charge in [0, 0.05) is 38.5 Å². The molecule has 1 saturated carbocycles. The number of fused-ring (bicyclic) bond motifs is 3. The van der Waals surface area contributed by atoms with E-state index in [-0.39, 0.29) is 17.7 Å². The summed E-state index contributed by atoms with van der Waals surface area (Å²) in [6.07, 6.45) is -7.22. The van der Waals surface area contributed by atoms with Crippen LogP contribution in [0, 0.1) is 11.8 Å². The van der Waals surface area contributed by atoms with Crippen molar-refractivity contribution >= 4 is 31.6 Å². The number of hydrogen-bond donors (Lipinski definition) is 7. The molecule has 0 heterocycles. The van der Waals surface area contributed by atoms with Gasteiger partial charge in [0.15, 0.2) is 11.4 Å². The van der Waals surface area contributed by atoms with Gasteiger partial charge in [0.25, 0.3) is 5.91 Å². The van der Waals surface area contributed by atoms with Gasteiger partial charge in [-0.25, -0.2) is 0 Å². The zero-order valence-electron chi connectivity index (χ0n) is 23.4. The molecule has 0 aliphatic heterocycles. The highest BCUT2D eigenvalue weighted by atomic mass is 19.4. The Hall–Kier alpha value is -3.40. The molecular formula is C26H31BF3N3O8. The van der Waals surface area contributed by atoms with E-state index in [4.69, 9.17) is 7.07 Å². The average molecular weight is 583 g/mol. The number of primary amides is 1. The molecule has 0 saturated heterocycles. The highest BCUT2D eigenvalue weighted by Gasteiger charge is 2.68. The lowest BCUT2D eigenvalue weighted by Crippen LogP contribution is -2.70. The number of nitrogens with zero attached hydrogens (tertiary/aromatic N) is 1. The maximum absolute atomic E-state index is 13.9. The SMILES string of the molecule is C[C@H]1c2ccc(CNCCC(F)(F)F)c(O)c2C(O)=C2C(=O)[C@]3(O)C(O)=C(C(N)=O)C(=O)[C@@H](N(C)C)C3[C@@H](O)C21.[3H][B]. The van der Waals surface area contributed by atoms with Gasteiger partial charge in [-0.15, -0.1) is 0 Å². The molecule has 0 aromatic heterocycles. The summed E-state index contributed by atoms with van der Waals surface area (Å²) in [6.45, 7) is 0.928. The number of benzene rings is 1. The molecule has 1 amide bonds. The Morgan fingerprint density at radius 2 is 1.83 bits per heavy atom. The highest BCUT2D eigenvalue weighted by Crippen LogP contribution is 2.56. The van der Waals surface area contributed by atoms with Crippen LogP contribution in [-0.2, 0) is 20.9 Å². The van der Waals surface area contributed by atoms with Crippen molar-refractivity contribution in [2.24, 2.45) is 17.6 Å². The zero-order valence-corrected chi connectivity index (χ0v) is 22.4. The van der Waals surface area contributed by atoms with Crippen molar-refractivity contribution < 1.29 is 53.1 Å². The summed E-state index contributed by atoms with van der Waals surface area (Å²) in [4.78, 5) is 40.4. The van der Waals surface area contributed by atoms with Gasteiger partial charge in [-0.1, -0.05) is 19.1 Å². The molecule has 1 aromatic rings. The van der Waals surface area contributed by atoms with Crippen LogP contribution in [-0.4, -0.2) is 102 Å². The number of nitrogens with two attached hydrogens (primary N) is 1. The molecule has 2 radical (unpaired) electrons. The molecule has 3 aliphatic rings. The van der Waals surface area contributed by atoms with Gasteiger partial charge in [-0.3, -0.25) is 19.3 Å². The van der Waals surface area contributed by atoms with E-state index in [1.807, 2.05) is 0 Å². The van der Waals surface area contributed by atoms with Crippen LogP contribution in [0.25, 0.3) is 5.76 Å². The minimum Gasteiger partial charge on any atom is -0.508 e. The molecule has 6 atom stereocenters. The summed E-state index contributed by atoms with van der Waals surface area (Å²) in [5.41, 5.74) is 0.850. The van der Waals surface area contributed by atoms with E-state index < -0.39 is 101 Å². The number of ketones is 2. The quantitative estimate of drug-likeness (QED) is 0.135. The molecule has 41 heavy (non-hydrogen) atoms. The molecule has 8 N–H and O–H groups in total. The lowest BCUT2D eigenvalue weighted by atomic mass is 9.54. The summed E-state index contributed by atoms with van der Waals surface area (Å²) in [5.74, 6) is -10.1. The smallest absolute Gasteiger partial charge is 0.390 e. The summed E-state index contributed by atoms with van der Waals surface area (Å²) in [5, 5.41) is 58.9. The van der Waals surface area contributed by atoms with Crippen LogP contribution in [0.1, 0.15) is 36.0 Å². The van der Waals surface area contributed by atoms with E-state index in [0.29, 0.717) is 5.56 Å². The number of phenols is 1. The summed E-state index contributed by atoms with van der Waals surface area (Å²) < 4.78 is 42.7. The average Bonchev–Trinajstić information content (AvgIpc) is 2.89. The normalized spacial score (nSPS) is 29.8. The minimum atomic E-state index is -4.39. The molecule has 1 aromatic carbocycles. The Balaban J connectivity index is 0.00000237. The van der Waals surface area contributed by atoms with Gasteiger partial charge in [0.05, 0.1) is 30.0 Å². The predicted molar refractivity (Wildman–Crippen MR) is 140 cm³/mol. The van der Waals surface area contributed by atoms with Crippen molar-refractivity contribution in [3.8, 4) is 5.75 Å². The fraction of sp³-hybridized carbons (Fsp3) is 0.500. The number of aliphatic hydroxyl groups excluding tert-OH is 3. The second-order valence-corrected chi connectivity index (χ2v) is 10.6. The predicted octanol–water partition coefficient (Wildman–Crippen LogP) is -0.111. The largest absolute Gasteiger partial charge is 0.508 e. The Morgan fingerprint density at radius 1 is 1.22 bits per heavy atom. The van der Waals surface area contributed by atoms with Crippen LogP contribution in [0.4, 0.5) is 13.2 Å². The lowest BCUT2D eigenvalue weighted by molar-refractivity contribution is -0.169. The van der Waals surface area contributed by atoms with Gasteiger partial charge >= 0.3 is 6.18 Å². The first-order valence-corrected chi connectivity index (χ1v) is 12.4. The molecule has 0 bridgehead atoms. The number of nitrogens with one attached hydrogen (secondary N) is 1. The molecule has 3 aliphatic carbocycles. The number of rotatable bonds is 6. The molecule has 2 unspecified atom stereocenters. The number of Topliss-reactive ketones (excluding diaryl/α,β-unsaturated/α-hetero) is 2. The number of aliphatic hydroxyl groups is 4. The van der Waals surface area contributed by atoms with Crippen molar-refractivity contribution in [1.82, 2.24) is 10.2 Å². The molecular weight excluding hydrogens is 550 g/mol. The standard InChI is InChI=1S/C26H30F3N3O8.BH/c1-9-11-5-4-10(8-31-7-6-25(27,28)29)18(33)13(11)19(34)14-12(9)20(35)16-17(32(2)3)21(36)15(24(30)39)23(38)26(16,40)22(14)37;/h4-5,9,12,16-17,20,31,33-35,38,40H,6-8H2,1-3H3,(H2,30,39);1H/t9-,12?,16?,17-,20-,26-;/m0./s1/i;1T. The van der Waals surface area contributed by atoms with Crippen LogP contribution in [0.15, 0.2) is 29.0 Å². The third-order valence-corrected chi connectivity index (χ3v) is 8.11. The topological polar surface area (TPSA) is 194 Å². The van der Waals surface area contributed by atoms with E-state index in [1.54, 1.807) is 6.92 Å². The van der Waals surface area contributed by atoms with Gasteiger partial charge in [-0.05, 0) is 26.9 Å². The fourth-order valence-corrected chi connectivity index (χ4v) is 6.26. The van der Waals surface area contributed by atoms with E-state index in [1.165, 1.54) is 31.1 Å². The number of halogens is 3. The molecule has 11 nitrogen and oxygen atoms in total. The third-order valence-electron chi connectivity index (χ3n) is 8.11. The summed E-state index contributed by atoms with van der Waals surface area (Å²) >= 11 is 0. The van der Waals surface area contributed by atoms with Gasteiger partial charge in [-0.2, -0.15) is 13.2 Å². The third kappa shape index (κ3) is 4.80. The summed E-state index contributed by atoms with van der Waals surface area (Å²) in [7, 11) is 6.57. The second kappa shape index (κ2) is 10.8. The van der Waals surface area contributed by atoms with Gasteiger partial charge in [0.2, 0.25) is 5.78 Å². The summed E-state index contributed by atoms with van der Waals surface area (Å²) in [6, 6.07) is 1.46. The first kappa shape index (κ1) is 30.6. The second-order valence-electron chi connectivity index (χ2n) is 10.6. The maximum atomic E-state index is 13.9. The number of carbonyl (C=O) groups excluding carboxylic acids is 3. The zero-order chi connectivity index (χ0) is 32.1. The van der Waals surface area contributed by atoms with E-state index >= 15 is 0 Å². The molecule has 15 heteroatoms. The number of hydrogen-bond acceptors (Lipinski definition) is 10. The number of likely N-dealkylation sites (N-methyl/N-ethyl adjacent to an activating group) is 1. The molecule has 4 rings (SSSR count). The number of aromatic hydroxyl groups is 1. The lowest BCUT2D eigenvalue weighted by Gasteiger charge is -2.53. The first-order valence-electron chi connectivity index (χ1n) is 13.0. The van der Waals surface area contributed by atoms with Crippen molar-refractivity contribution in [1.29, 1.82) is 1.34 Å². The maximum Gasteiger partial charge on any atom is 0.390 e. The first-order chi connectivity index (χ1) is 19.5. The fourth-order valence-electron chi connectivity index (χ4n) is 6.26. The Labute approximate surface area is 236 Å². The molecule has 222 valence electrons. The van der Waals surface area contributed by atoms with Crippen LogP contribution in [0.2, 0.25) is 0 Å². The van der Waals surface area contributed by atoms with Crippen molar-refractivity contribution in [2.75, 3.05) is 20.6 Å². The van der Waals surface area contributed by atoms with Gasteiger partial charge < -0.3 is 36.6 Å². The van der Waals surface area contributed by atoms with E-state index in [2.05, 4.69) is 13.7 Å². The van der Waals surface area contributed by atoms with Crippen molar-refractivity contribution in [2.45, 2.75) is 49.7 Å². The van der Waals surface area contributed by atoms with Crippen LogP contribution in [0.3, 0.4) is 0 Å². The number of alkyl halides is 3. The number of amides is 1. The van der Waals surface area contributed by atoms with Crippen molar-refractivity contribution in [3.05, 3.63) is 45.7 Å². The van der Waals surface area contributed by atoms with Crippen molar-refractivity contribution in [3.63, 3.8) is 0 Å². The Bertz CT molecular complexity index is 1370. The van der Waals surface area contributed by atoms with Gasteiger partial charge in [0.1, 0.15) is 22.8 Å². The molecule has 0 spiro atoms. The molecule has 1 fully saturated rings. The van der Waals surface area contributed by atoms with E-state index in [9.17, 15) is 53.1 Å². The van der Waals surface area contributed by atoms with Crippen LogP contribution < -0.4 is 11.1 Å². The number of carbonyl (C=O) groups is 3. The van der Waals surface area contributed by atoms with Crippen LogP contribution in [0.5, 0.6) is 5.75 Å². The number of phenolic OH excluding ortho intramolecular Hbond substituents is 1. The monoisotopic (exact) mass is 583 g/mol. The minimum absolute atomic E-state index is 0.105. The Morgan fingerprint density at radius 3 is 2.37 bits per heavy atom. The van der Waals surface area contributed by atoms with E-state index in [0.717, 1.165) is 0 Å². The van der Waals surface area contributed by atoms with Crippen LogP contribution >= 0.6 is 0 Å².